The summed E-state index contributed by atoms with van der Waals surface area (Å²) in [6.07, 6.45) is 2.19. The molecule has 0 atom stereocenters. The first-order valence-electron chi connectivity index (χ1n) is 6.52. The Morgan fingerprint density at radius 2 is 2.24 bits per heavy atom. The first-order valence-corrected chi connectivity index (χ1v) is 7.33. The average molecular weight is 305 g/mol. The van der Waals surface area contributed by atoms with Crippen molar-refractivity contribution in [1.29, 1.82) is 0 Å². The van der Waals surface area contributed by atoms with Gasteiger partial charge in [-0.2, -0.15) is 0 Å². The van der Waals surface area contributed by atoms with Gasteiger partial charge in [0, 0.05) is 16.3 Å². The Hall–Kier alpha value is -2.16. The van der Waals surface area contributed by atoms with E-state index in [1.54, 1.807) is 0 Å². The summed E-state index contributed by atoms with van der Waals surface area (Å²) < 4.78 is 1.83. The minimum absolute atomic E-state index is 0.0351. The van der Waals surface area contributed by atoms with Crippen molar-refractivity contribution >= 4 is 17.6 Å². The van der Waals surface area contributed by atoms with Gasteiger partial charge in [-0.15, -0.1) is 5.10 Å². The van der Waals surface area contributed by atoms with Gasteiger partial charge < -0.3 is 10.9 Å². The summed E-state index contributed by atoms with van der Waals surface area (Å²) in [4.78, 5) is 5.18. The van der Waals surface area contributed by atoms with E-state index in [1.165, 1.54) is 11.8 Å². The van der Waals surface area contributed by atoms with Crippen LogP contribution < -0.4 is 5.73 Å². The molecule has 8 nitrogen and oxygen atoms in total. The number of rotatable bonds is 4. The smallest absolute Gasteiger partial charge is 0.214 e. The number of oxime groups is 1. The summed E-state index contributed by atoms with van der Waals surface area (Å²) in [5.41, 5.74) is 7.95. The molecule has 0 unspecified atom stereocenters. The Balaban J connectivity index is 2.03. The summed E-state index contributed by atoms with van der Waals surface area (Å²) in [5, 5.41) is 24.6. The van der Waals surface area contributed by atoms with E-state index in [9.17, 15) is 0 Å². The van der Waals surface area contributed by atoms with Gasteiger partial charge in [0.05, 0.1) is 11.6 Å². The van der Waals surface area contributed by atoms with Crippen molar-refractivity contribution in [2.24, 2.45) is 10.9 Å². The molecule has 2 aromatic rings. The molecule has 0 bridgehead atoms. The van der Waals surface area contributed by atoms with Crippen LogP contribution in [-0.4, -0.2) is 36.2 Å². The molecule has 1 aliphatic rings. The number of nitrogens with two attached hydrogens (primary N) is 1. The van der Waals surface area contributed by atoms with E-state index in [0.717, 1.165) is 23.4 Å². The molecule has 1 aliphatic carbocycles. The molecule has 0 spiro atoms. The van der Waals surface area contributed by atoms with E-state index in [4.69, 9.17) is 10.9 Å². The second kappa shape index (κ2) is 5.32. The number of aryl methyl sites for hydroxylation is 2. The van der Waals surface area contributed by atoms with Crippen LogP contribution in [0.15, 0.2) is 21.3 Å². The first-order chi connectivity index (χ1) is 10.1. The molecule has 1 saturated carbocycles. The van der Waals surface area contributed by atoms with Crippen molar-refractivity contribution in [2.45, 2.75) is 42.8 Å². The standard InChI is InChI=1S/C12H15N7OS/c1-6-5-9(10(7(2)14-6)11(13)16-20)21-12-15-17-18-19(12)8-3-4-8/h5,8,20H,3-4H2,1-2H3,(H2,13,16). The van der Waals surface area contributed by atoms with Gasteiger partial charge >= 0.3 is 0 Å². The van der Waals surface area contributed by atoms with Crippen LogP contribution in [0, 0.1) is 13.8 Å². The maximum Gasteiger partial charge on any atom is 0.214 e. The predicted molar refractivity (Wildman–Crippen MR) is 76.4 cm³/mol. The van der Waals surface area contributed by atoms with Crippen LogP contribution in [0.3, 0.4) is 0 Å². The number of aromatic nitrogens is 5. The van der Waals surface area contributed by atoms with E-state index in [1.807, 2.05) is 24.6 Å². The average Bonchev–Trinajstić information content (AvgIpc) is 3.18. The van der Waals surface area contributed by atoms with E-state index in [-0.39, 0.29) is 5.84 Å². The minimum Gasteiger partial charge on any atom is -0.409 e. The number of amidine groups is 1. The van der Waals surface area contributed by atoms with Crippen LogP contribution in [0.1, 0.15) is 35.8 Å². The lowest BCUT2D eigenvalue weighted by atomic mass is 10.1. The van der Waals surface area contributed by atoms with Gasteiger partial charge in [-0.3, -0.25) is 4.98 Å². The molecule has 3 N–H and O–H groups in total. The molecule has 21 heavy (non-hydrogen) atoms. The molecule has 0 amide bonds. The summed E-state index contributed by atoms with van der Waals surface area (Å²) in [5.74, 6) is 0.0351. The van der Waals surface area contributed by atoms with E-state index >= 15 is 0 Å². The zero-order chi connectivity index (χ0) is 15.0. The maximum atomic E-state index is 8.97. The Morgan fingerprint density at radius 1 is 1.48 bits per heavy atom. The third kappa shape index (κ3) is 2.68. The van der Waals surface area contributed by atoms with E-state index in [0.29, 0.717) is 22.5 Å². The van der Waals surface area contributed by atoms with Crippen molar-refractivity contribution in [1.82, 2.24) is 25.2 Å². The molecule has 0 aliphatic heterocycles. The van der Waals surface area contributed by atoms with Gasteiger partial charge in [-0.05, 0) is 54.9 Å². The van der Waals surface area contributed by atoms with Crippen LogP contribution in [-0.2, 0) is 0 Å². The highest BCUT2D eigenvalue weighted by Crippen LogP contribution is 2.38. The monoisotopic (exact) mass is 305 g/mol. The summed E-state index contributed by atoms with van der Waals surface area (Å²) in [7, 11) is 0. The Labute approximate surface area is 125 Å². The van der Waals surface area contributed by atoms with Crippen LogP contribution in [0.4, 0.5) is 0 Å². The quantitative estimate of drug-likeness (QED) is 0.378. The molecule has 3 rings (SSSR count). The summed E-state index contributed by atoms with van der Waals surface area (Å²) >= 11 is 1.40. The normalized spacial score (nSPS) is 15.4. The molecule has 2 heterocycles. The highest BCUT2D eigenvalue weighted by atomic mass is 32.2. The fraction of sp³-hybridized carbons (Fsp3) is 0.417. The molecule has 110 valence electrons. The highest BCUT2D eigenvalue weighted by molar-refractivity contribution is 7.99. The van der Waals surface area contributed by atoms with Crippen LogP contribution in [0.25, 0.3) is 0 Å². The van der Waals surface area contributed by atoms with Crippen molar-refractivity contribution in [2.75, 3.05) is 0 Å². The van der Waals surface area contributed by atoms with E-state index < -0.39 is 0 Å². The van der Waals surface area contributed by atoms with E-state index in [2.05, 4.69) is 25.7 Å². The number of tetrazole rings is 1. The van der Waals surface area contributed by atoms with Gasteiger partial charge in [-0.25, -0.2) is 4.68 Å². The molecule has 0 aromatic carbocycles. The Kier molecular flexibility index (Phi) is 3.50. The third-order valence-electron chi connectivity index (χ3n) is 3.21. The lowest BCUT2D eigenvalue weighted by molar-refractivity contribution is 0.318. The molecule has 2 aromatic heterocycles. The summed E-state index contributed by atoms with van der Waals surface area (Å²) in [6, 6.07) is 2.27. The lowest BCUT2D eigenvalue weighted by Crippen LogP contribution is -2.17. The Bertz CT molecular complexity index is 708. The fourth-order valence-electron chi connectivity index (χ4n) is 2.13. The largest absolute Gasteiger partial charge is 0.409 e. The van der Waals surface area contributed by atoms with Crippen molar-refractivity contribution in [3.05, 3.63) is 23.0 Å². The molecule has 0 radical (unpaired) electrons. The van der Waals surface area contributed by atoms with Gasteiger partial charge in [0.1, 0.15) is 0 Å². The van der Waals surface area contributed by atoms with Crippen LogP contribution >= 0.6 is 11.8 Å². The summed E-state index contributed by atoms with van der Waals surface area (Å²) in [6.45, 7) is 3.73. The molecular formula is C12H15N7OS. The minimum atomic E-state index is 0.0351. The molecule has 1 fully saturated rings. The van der Waals surface area contributed by atoms with Gasteiger partial charge in [0.25, 0.3) is 0 Å². The van der Waals surface area contributed by atoms with Crippen LogP contribution in [0.5, 0.6) is 0 Å². The Morgan fingerprint density at radius 3 is 2.90 bits per heavy atom. The first kappa shape index (κ1) is 13.8. The van der Waals surface area contributed by atoms with Gasteiger partial charge in [0.2, 0.25) is 5.16 Å². The fourth-order valence-corrected chi connectivity index (χ4v) is 3.27. The number of nitrogens with zero attached hydrogens (tertiary/aromatic N) is 6. The molecule has 0 saturated heterocycles. The lowest BCUT2D eigenvalue weighted by Gasteiger charge is -2.11. The van der Waals surface area contributed by atoms with Crippen LogP contribution in [0.2, 0.25) is 0 Å². The van der Waals surface area contributed by atoms with Gasteiger partial charge in [-0.1, -0.05) is 5.16 Å². The highest BCUT2D eigenvalue weighted by Gasteiger charge is 2.28. The van der Waals surface area contributed by atoms with Gasteiger partial charge in [0.15, 0.2) is 5.84 Å². The second-order valence-corrected chi connectivity index (χ2v) is 5.96. The van der Waals surface area contributed by atoms with Crippen molar-refractivity contribution in [3.8, 4) is 0 Å². The predicted octanol–water partition coefficient (Wildman–Crippen LogP) is 1.27. The van der Waals surface area contributed by atoms with Crippen molar-refractivity contribution in [3.63, 3.8) is 0 Å². The second-order valence-electron chi connectivity index (χ2n) is 4.95. The zero-order valence-corrected chi connectivity index (χ0v) is 12.5. The SMILES string of the molecule is Cc1cc(Sc2nnnn2C2CC2)c(/C(N)=N/O)c(C)n1. The topological polar surface area (TPSA) is 115 Å². The molecular weight excluding hydrogens is 290 g/mol. The number of hydrogen-bond donors (Lipinski definition) is 2. The third-order valence-corrected chi connectivity index (χ3v) is 4.21. The van der Waals surface area contributed by atoms with Crippen molar-refractivity contribution < 1.29 is 5.21 Å². The zero-order valence-electron chi connectivity index (χ0n) is 11.7. The number of hydrogen-bond acceptors (Lipinski definition) is 7. The number of pyridine rings is 1. The maximum absolute atomic E-state index is 8.97. The molecule has 9 heteroatoms.